The summed E-state index contributed by atoms with van der Waals surface area (Å²) in [5, 5.41) is 3.37. The van der Waals surface area contributed by atoms with Crippen LogP contribution in [-0.4, -0.2) is 16.7 Å². The van der Waals surface area contributed by atoms with Crippen molar-refractivity contribution in [3.05, 3.63) is 90.6 Å². The van der Waals surface area contributed by atoms with E-state index in [1.165, 1.54) is 0 Å². The molecule has 0 aliphatic rings. The number of H-pyrrole nitrogens is 1. The lowest BCUT2D eigenvalue weighted by atomic mass is 10.1. The van der Waals surface area contributed by atoms with Gasteiger partial charge in [0.05, 0.1) is 11.3 Å². The maximum atomic E-state index is 12.6. The average Bonchev–Trinajstić information content (AvgIpc) is 3.14. The Bertz CT molecular complexity index is 1120. The number of rotatable bonds is 5. The molecule has 4 aromatic rings. The lowest BCUT2D eigenvalue weighted by molar-refractivity contribution is -0.112. The highest BCUT2D eigenvalue weighted by molar-refractivity contribution is 6.48. The van der Waals surface area contributed by atoms with Crippen LogP contribution < -0.4 is 10.1 Å². The van der Waals surface area contributed by atoms with E-state index in [1.807, 2.05) is 48.5 Å². The van der Waals surface area contributed by atoms with E-state index in [-0.39, 0.29) is 0 Å². The molecule has 27 heavy (non-hydrogen) atoms. The molecule has 0 aliphatic heterocycles. The van der Waals surface area contributed by atoms with Crippen molar-refractivity contribution in [1.29, 1.82) is 0 Å². The van der Waals surface area contributed by atoms with Crippen molar-refractivity contribution in [3.8, 4) is 11.5 Å². The quantitative estimate of drug-likeness (QED) is 0.399. The lowest BCUT2D eigenvalue weighted by Gasteiger charge is -2.11. The molecule has 0 radical (unpaired) electrons. The van der Waals surface area contributed by atoms with Crippen LogP contribution in [-0.2, 0) is 4.79 Å². The van der Waals surface area contributed by atoms with Crippen LogP contribution in [0.4, 0.5) is 5.69 Å². The Morgan fingerprint density at radius 3 is 2.37 bits per heavy atom. The van der Waals surface area contributed by atoms with Gasteiger partial charge in [-0.2, -0.15) is 0 Å². The van der Waals surface area contributed by atoms with Gasteiger partial charge in [-0.25, -0.2) is 0 Å². The molecule has 0 saturated carbocycles. The fourth-order valence-corrected chi connectivity index (χ4v) is 2.84. The van der Waals surface area contributed by atoms with E-state index >= 15 is 0 Å². The SMILES string of the molecule is O=C(Nc1ccccc1Oc1ccccc1)C(=O)c1c[nH]c2ccccc12. The first kappa shape index (κ1) is 16.6. The number of fused-ring (bicyclic) bond motifs is 1. The Morgan fingerprint density at radius 1 is 0.815 bits per heavy atom. The molecule has 0 fully saturated rings. The van der Waals surface area contributed by atoms with Crippen molar-refractivity contribution in [1.82, 2.24) is 4.98 Å². The lowest BCUT2D eigenvalue weighted by Crippen LogP contribution is -2.22. The van der Waals surface area contributed by atoms with Gasteiger partial charge in [-0.15, -0.1) is 0 Å². The molecule has 0 atom stereocenters. The second kappa shape index (κ2) is 7.17. The predicted molar refractivity (Wildman–Crippen MR) is 104 cm³/mol. The standard InChI is InChI=1S/C22H16N2O3/c25-21(17-14-23-18-11-5-4-10-16(17)18)22(26)24-19-12-6-7-13-20(19)27-15-8-2-1-3-9-15/h1-14,23H,(H,24,26). The largest absolute Gasteiger partial charge is 0.455 e. The van der Waals surface area contributed by atoms with Crippen LogP contribution in [0.1, 0.15) is 10.4 Å². The Hall–Kier alpha value is -3.86. The maximum absolute atomic E-state index is 12.6. The zero-order chi connectivity index (χ0) is 18.6. The van der Waals surface area contributed by atoms with Gasteiger partial charge in [-0.1, -0.05) is 48.5 Å². The Balaban J connectivity index is 1.57. The highest BCUT2D eigenvalue weighted by atomic mass is 16.5. The van der Waals surface area contributed by atoms with E-state index in [2.05, 4.69) is 10.3 Å². The molecule has 0 spiro atoms. The van der Waals surface area contributed by atoms with Crippen LogP contribution in [0, 0.1) is 0 Å². The molecule has 4 rings (SSSR count). The van der Waals surface area contributed by atoms with Crippen LogP contribution in [0.5, 0.6) is 11.5 Å². The zero-order valence-electron chi connectivity index (χ0n) is 14.3. The number of anilines is 1. The van der Waals surface area contributed by atoms with Gasteiger partial charge in [0.1, 0.15) is 5.75 Å². The summed E-state index contributed by atoms with van der Waals surface area (Å²) in [5.41, 5.74) is 1.57. The van der Waals surface area contributed by atoms with E-state index < -0.39 is 11.7 Å². The van der Waals surface area contributed by atoms with E-state index in [0.717, 1.165) is 5.52 Å². The number of ether oxygens (including phenoxy) is 1. The van der Waals surface area contributed by atoms with Gasteiger partial charge in [-0.05, 0) is 30.3 Å². The summed E-state index contributed by atoms with van der Waals surface area (Å²) in [7, 11) is 0. The van der Waals surface area contributed by atoms with Gasteiger partial charge in [-0.3, -0.25) is 9.59 Å². The van der Waals surface area contributed by atoms with Crippen molar-refractivity contribution in [2.75, 3.05) is 5.32 Å². The number of benzene rings is 3. The Kier molecular flexibility index (Phi) is 4.41. The van der Waals surface area contributed by atoms with Crippen LogP contribution in [0.2, 0.25) is 0 Å². The van der Waals surface area contributed by atoms with Crippen LogP contribution in [0.15, 0.2) is 85.1 Å². The number of hydrogen-bond donors (Lipinski definition) is 2. The van der Waals surface area contributed by atoms with Crippen LogP contribution in [0.25, 0.3) is 10.9 Å². The van der Waals surface area contributed by atoms with E-state index in [0.29, 0.717) is 28.1 Å². The Morgan fingerprint density at radius 2 is 1.52 bits per heavy atom. The summed E-state index contributed by atoms with van der Waals surface area (Å²) in [6.45, 7) is 0. The minimum atomic E-state index is -0.719. The molecule has 3 aromatic carbocycles. The third kappa shape index (κ3) is 3.43. The summed E-state index contributed by atoms with van der Waals surface area (Å²) in [4.78, 5) is 28.2. The molecular formula is C22H16N2O3. The van der Waals surface area contributed by atoms with Gasteiger partial charge in [0.25, 0.3) is 11.7 Å². The molecule has 132 valence electrons. The number of hydrogen-bond acceptors (Lipinski definition) is 3. The van der Waals surface area contributed by atoms with Gasteiger partial charge < -0.3 is 15.0 Å². The molecule has 0 bridgehead atoms. The molecule has 1 aromatic heterocycles. The van der Waals surface area contributed by atoms with Gasteiger partial charge >= 0.3 is 0 Å². The number of aromatic nitrogens is 1. The molecule has 1 amide bonds. The predicted octanol–water partition coefficient (Wildman–Crippen LogP) is 4.78. The number of amides is 1. The summed E-state index contributed by atoms with van der Waals surface area (Å²) in [5.74, 6) is -0.225. The zero-order valence-corrected chi connectivity index (χ0v) is 14.3. The normalized spacial score (nSPS) is 10.5. The first-order valence-electron chi connectivity index (χ1n) is 8.46. The summed E-state index contributed by atoms with van der Waals surface area (Å²) < 4.78 is 5.82. The number of carbonyl (C=O) groups is 2. The number of ketones is 1. The molecule has 0 unspecified atom stereocenters. The topological polar surface area (TPSA) is 71.2 Å². The summed E-state index contributed by atoms with van der Waals surface area (Å²) in [6.07, 6.45) is 1.55. The third-order valence-electron chi connectivity index (χ3n) is 4.15. The Labute approximate surface area is 155 Å². The first-order valence-corrected chi connectivity index (χ1v) is 8.46. The van der Waals surface area contributed by atoms with Crippen molar-refractivity contribution in [2.24, 2.45) is 0 Å². The smallest absolute Gasteiger partial charge is 0.296 e. The first-order chi connectivity index (χ1) is 13.2. The summed E-state index contributed by atoms with van der Waals surface area (Å²) in [6, 6.07) is 23.6. The van der Waals surface area contributed by atoms with E-state index in [1.54, 1.807) is 36.5 Å². The van der Waals surface area contributed by atoms with Crippen molar-refractivity contribution >= 4 is 28.3 Å². The fourth-order valence-electron chi connectivity index (χ4n) is 2.84. The minimum absolute atomic E-state index is 0.338. The second-order valence-corrected chi connectivity index (χ2v) is 5.94. The van der Waals surface area contributed by atoms with E-state index in [4.69, 9.17) is 4.74 Å². The fraction of sp³-hybridized carbons (Fsp3) is 0. The molecule has 0 saturated heterocycles. The number of nitrogens with one attached hydrogen (secondary N) is 2. The highest BCUT2D eigenvalue weighted by Crippen LogP contribution is 2.29. The van der Waals surface area contributed by atoms with Crippen LogP contribution in [0.3, 0.4) is 0 Å². The van der Waals surface area contributed by atoms with E-state index in [9.17, 15) is 9.59 Å². The molecule has 0 aliphatic carbocycles. The second-order valence-electron chi connectivity index (χ2n) is 5.94. The third-order valence-corrected chi connectivity index (χ3v) is 4.15. The molecule has 1 heterocycles. The number of aromatic amines is 1. The number of carbonyl (C=O) groups excluding carboxylic acids is 2. The molecular weight excluding hydrogens is 340 g/mol. The van der Waals surface area contributed by atoms with Crippen molar-refractivity contribution in [3.63, 3.8) is 0 Å². The highest BCUT2D eigenvalue weighted by Gasteiger charge is 2.21. The number of Topliss-reactive ketones (excluding diaryl/α,β-unsaturated/α-hetero) is 1. The van der Waals surface area contributed by atoms with Gasteiger partial charge in [0, 0.05) is 17.1 Å². The maximum Gasteiger partial charge on any atom is 0.296 e. The summed E-state index contributed by atoms with van der Waals surface area (Å²) >= 11 is 0. The van der Waals surface area contributed by atoms with Crippen molar-refractivity contribution in [2.45, 2.75) is 0 Å². The van der Waals surface area contributed by atoms with Crippen molar-refractivity contribution < 1.29 is 14.3 Å². The molecule has 5 heteroatoms. The molecule has 5 nitrogen and oxygen atoms in total. The van der Waals surface area contributed by atoms with Gasteiger partial charge in [0.15, 0.2) is 5.75 Å². The minimum Gasteiger partial charge on any atom is -0.455 e. The van der Waals surface area contributed by atoms with Crippen LogP contribution >= 0.6 is 0 Å². The monoisotopic (exact) mass is 356 g/mol. The number of para-hydroxylation sites is 4. The molecule has 2 N–H and O–H groups in total. The average molecular weight is 356 g/mol. The van der Waals surface area contributed by atoms with Gasteiger partial charge in [0.2, 0.25) is 0 Å².